The van der Waals surface area contributed by atoms with Crippen LogP contribution < -0.4 is 10.2 Å². The van der Waals surface area contributed by atoms with Crippen LogP contribution in [0.2, 0.25) is 0 Å². The molecule has 1 aliphatic rings. The highest BCUT2D eigenvalue weighted by Crippen LogP contribution is 2.36. The second-order valence-electron chi connectivity index (χ2n) is 8.94. The summed E-state index contributed by atoms with van der Waals surface area (Å²) in [5.74, 6) is -2.05. The van der Waals surface area contributed by atoms with Crippen molar-refractivity contribution in [2.24, 2.45) is 0 Å². The Labute approximate surface area is 243 Å². The zero-order chi connectivity index (χ0) is 30.1. The second-order valence-corrected chi connectivity index (χ2v) is 8.94. The minimum Gasteiger partial charge on any atom is -0.465 e. The molecular formula is C33H29N3O6. The van der Waals surface area contributed by atoms with E-state index in [1.807, 2.05) is 42.5 Å². The molecule has 9 nitrogen and oxygen atoms in total. The zero-order valence-electron chi connectivity index (χ0n) is 23.4. The number of carbonyl (C=O) groups excluding carboxylic acids is 3. The molecule has 212 valence electrons. The van der Waals surface area contributed by atoms with Crippen LogP contribution in [0.25, 0.3) is 11.1 Å². The van der Waals surface area contributed by atoms with Gasteiger partial charge in [-0.05, 0) is 54.0 Å². The van der Waals surface area contributed by atoms with Gasteiger partial charge in [-0.25, -0.2) is 14.4 Å². The molecule has 0 unspecified atom stereocenters. The highest BCUT2D eigenvalue weighted by atomic mass is 16.5. The van der Waals surface area contributed by atoms with Gasteiger partial charge in [-0.3, -0.25) is 0 Å². The van der Waals surface area contributed by atoms with Crippen molar-refractivity contribution in [3.63, 3.8) is 0 Å². The van der Waals surface area contributed by atoms with Gasteiger partial charge >= 0.3 is 17.9 Å². The number of anilines is 2. The molecule has 0 fully saturated rings. The molecule has 9 heteroatoms. The minimum absolute atomic E-state index is 0.0184. The second kappa shape index (κ2) is 13.6. The number of hydrogen-bond donors (Lipinski definition) is 1. The molecule has 0 amide bonds. The van der Waals surface area contributed by atoms with Gasteiger partial charge in [0.15, 0.2) is 0 Å². The van der Waals surface area contributed by atoms with Crippen LogP contribution in [0.15, 0.2) is 102 Å². The number of nitrogens with zero attached hydrogens (tertiary/aromatic N) is 2. The summed E-state index contributed by atoms with van der Waals surface area (Å²) in [6, 6.07) is 22.3. The van der Waals surface area contributed by atoms with Crippen molar-refractivity contribution < 1.29 is 28.6 Å². The Morgan fingerprint density at radius 3 is 2.31 bits per heavy atom. The molecule has 3 aromatic carbocycles. The fraction of sp³-hybridized carbons (Fsp3) is 0.152. The first-order valence-electron chi connectivity index (χ1n) is 13.1. The number of para-hydroxylation sites is 1. The maximum atomic E-state index is 13.0. The third kappa shape index (κ3) is 6.24. The van der Waals surface area contributed by atoms with Gasteiger partial charge in [-0.1, -0.05) is 54.6 Å². The Morgan fingerprint density at radius 1 is 0.881 bits per heavy atom. The number of esters is 3. The molecule has 42 heavy (non-hydrogen) atoms. The molecule has 0 aliphatic carbocycles. The summed E-state index contributed by atoms with van der Waals surface area (Å²) in [4.78, 5) is 40.2. The highest BCUT2D eigenvalue weighted by molar-refractivity contribution is 6.07. The average Bonchev–Trinajstić information content (AvgIpc) is 3.26. The summed E-state index contributed by atoms with van der Waals surface area (Å²) >= 11 is 0. The van der Waals surface area contributed by atoms with Gasteiger partial charge < -0.3 is 24.4 Å². The number of rotatable bonds is 9. The Bertz CT molecular complexity index is 1630. The molecule has 0 atom stereocenters. The molecule has 3 aromatic rings. The number of nitriles is 1. The average molecular weight is 564 g/mol. The van der Waals surface area contributed by atoms with Gasteiger partial charge in [0.2, 0.25) is 0 Å². The Balaban J connectivity index is 1.76. The predicted octanol–water partition coefficient (Wildman–Crippen LogP) is 5.50. The number of ether oxygens (including phenoxy) is 3. The summed E-state index contributed by atoms with van der Waals surface area (Å²) < 4.78 is 15.3. The first-order valence-corrected chi connectivity index (χ1v) is 13.1. The van der Waals surface area contributed by atoms with Crippen molar-refractivity contribution in [3.8, 4) is 17.2 Å². The number of benzene rings is 3. The molecule has 0 saturated heterocycles. The molecule has 1 N–H and O–H groups in total. The summed E-state index contributed by atoms with van der Waals surface area (Å²) in [6.07, 6.45) is 6.31. The molecule has 0 bridgehead atoms. The molecule has 0 spiro atoms. The van der Waals surface area contributed by atoms with Crippen LogP contribution in [0, 0.1) is 11.3 Å². The van der Waals surface area contributed by atoms with Gasteiger partial charge in [0.1, 0.15) is 5.70 Å². The number of hydrogen-bond acceptors (Lipinski definition) is 9. The van der Waals surface area contributed by atoms with Crippen LogP contribution in [0.4, 0.5) is 11.4 Å². The van der Waals surface area contributed by atoms with E-state index in [-0.39, 0.29) is 23.4 Å². The first kappa shape index (κ1) is 29.4. The van der Waals surface area contributed by atoms with E-state index in [1.54, 1.807) is 49.5 Å². The van der Waals surface area contributed by atoms with Crippen LogP contribution in [0.1, 0.15) is 28.4 Å². The third-order valence-electron chi connectivity index (χ3n) is 6.47. The standard InChI is InChI=1S/C33H29N3O6/c1-4-42-32(38)26-13-9-14-28(36-19-8-7-12-27(31(37)40-2)30(36)33(39)41-3)29(26)35-21-22-15-17-23(18-16-22)25-11-6-5-10-24(25)20-34/h5-19,35H,4,21H2,1-3H3. The summed E-state index contributed by atoms with van der Waals surface area (Å²) in [5, 5.41) is 12.8. The number of nitrogens with one attached hydrogen (secondary N) is 1. The van der Waals surface area contributed by atoms with E-state index in [4.69, 9.17) is 14.2 Å². The fourth-order valence-electron chi connectivity index (χ4n) is 4.48. The van der Waals surface area contributed by atoms with E-state index >= 15 is 0 Å². The fourth-order valence-corrected chi connectivity index (χ4v) is 4.48. The zero-order valence-corrected chi connectivity index (χ0v) is 23.4. The molecule has 0 radical (unpaired) electrons. The molecule has 1 heterocycles. The lowest BCUT2D eigenvalue weighted by atomic mass is 9.99. The van der Waals surface area contributed by atoms with E-state index < -0.39 is 17.9 Å². The molecule has 1 aliphatic heterocycles. The van der Waals surface area contributed by atoms with Crippen LogP contribution in [-0.4, -0.2) is 38.7 Å². The van der Waals surface area contributed by atoms with Gasteiger partial charge in [0, 0.05) is 12.7 Å². The van der Waals surface area contributed by atoms with Crippen molar-refractivity contribution in [2.45, 2.75) is 13.5 Å². The summed E-state index contributed by atoms with van der Waals surface area (Å²) in [7, 11) is 2.44. The largest absolute Gasteiger partial charge is 0.465 e. The number of methoxy groups -OCH3 is 2. The SMILES string of the molecule is CCOC(=O)c1cccc(N2C=CC=CC(C(=O)OC)=C2C(=O)OC)c1NCc1ccc(-c2ccccc2C#N)cc1. The quantitative estimate of drug-likeness (QED) is 0.266. The highest BCUT2D eigenvalue weighted by Gasteiger charge is 2.30. The van der Waals surface area contributed by atoms with Gasteiger partial charge in [0.25, 0.3) is 0 Å². The molecule has 0 aromatic heterocycles. The van der Waals surface area contributed by atoms with E-state index in [0.717, 1.165) is 16.7 Å². The van der Waals surface area contributed by atoms with Crippen LogP contribution >= 0.6 is 0 Å². The summed E-state index contributed by atoms with van der Waals surface area (Å²) in [6.45, 7) is 2.19. The van der Waals surface area contributed by atoms with Crippen molar-refractivity contribution in [2.75, 3.05) is 31.0 Å². The topological polar surface area (TPSA) is 118 Å². The Morgan fingerprint density at radius 2 is 1.62 bits per heavy atom. The van der Waals surface area contributed by atoms with Crippen LogP contribution in [0.5, 0.6) is 0 Å². The third-order valence-corrected chi connectivity index (χ3v) is 6.47. The van der Waals surface area contributed by atoms with Crippen molar-refractivity contribution in [1.82, 2.24) is 0 Å². The van der Waals surface area contributed by atoms with E-state index in [1.165, 1.54) is 25.2 Å². The van der Waals surface area contributed by atoms with Gasteiger partial charge in [-0.15, -0.1) is 0 Å². The van der Waals surface area contributed by atoms with Crippen LogP contribution in [-0.2, 0) is 30.3 Å². The molecule has 0 saturated carbocycles. The van der Waals surface area contributed by atoms with E-state index in [2.05, 4.69) is 11.4 Å². The monoisotopic (exact) mass is 563 g/mol. The lowest BCUT2D eigenvalue weighted by Crippen LogP contribution is -2.28. The van der Waals surface area contributed by atoms with Gasteiger partial charge in [-0.2, -0.15) is 5.26 Å². The van der Waals surface area contributed by atoms with Crippen molar-refractivity contribution in [1.29, 1.82) is 5.26 Å². The van der Waals surface area contributed by atoms with Crippen molar-refractivity contribution in [3.05, 3.63) is 119 Å². The number of carbonyl (C=O) groups is 3. The normalized spacial score (nSPS) is 12.3. The number of allylic oxidation sites excluding steroid dienone is 2. The lowest BCUT2D eigenvalue weighted by Gasteiger charge is -2.27. The first-order chi connectivity index (χ1) is 20.4. The van der Waals surface area contributed by atoms with E-state index in [9.17, 15) is 19.6 Å². The van der Waals surface area contributed by atoms with Crippen molar-refractivity contribution >= 4 is 29.3 Å². The predicted molar refractivity (Wildman–Crippen MR) is 158 cm³/mol. The Hall–Kier alpha value is -5.62. The van der Waals surface area contributed by atoms with Crippen LogP contribution in [0.3, 0.4) is 0 Å². The molecular weight excluding hydrogens is 534 g/mol. The Kier molecular flexibility index (Phi) is 9.53. The van der Waals surface area contributed by atoms with Gasteiger partial charge in [0.05, 0.1) is 55.0 Å². The molecule has 4 rings (SSSR count). The summed E-state index contributed by atoms with van der Waals surface area (Å²) in [5.41, 5.74) is 4.13. The van der Waals surface area contributed by atoms with E-state index in [0.29, 0.717) is 23.5 Å². The maximum Gasteiger partial charge on any atom is 0.355 e. The maximum absolute atomic E-state index is 13.0. The smallest absolute Gasteiger partial charge is 0.355 e. The minimum atomic E-state index is -0.771. The lowest BCUT2D eigenvalue weighted by molar-refractivity contribution is -0.139.